The number of benzene rings is 1. The molecule has 1 aromatic carbocycles. The zero-order valence-corrected chi connectivity index (χ0v) is 12.5. The number of nitrogens with one attached hydrogen (secondary N) is 1. The molecule has 1 amide bonds. The summed E-state index contributed by atoms with van der Waals surface area (Å²) in [7, 11) is 0. The lowest BCUT2D eigenvalue weighted by Crippen LogP contribution is -2.65. The topological polar surface area (TPSA) is 125 Å². The predicted octanol–water partition coefficient (Wildman–Crippen LogP) is -1.18. The standard InChI is InChI=1S/C15H19NO7/c1-8(19)16-12-14(21)13(20)11(7-18)23-15(12)22-10-4-2-9(6-17)3-5-10/h2-6,11-15,18,20-21H,7H2,1H3,(H,16,19)/t11-,12-,13-,14-,15-/m1/s1. The maximum atomic E-state index is 11.3. The first-order valence-electron chi connectivity index (χ1n) is 7.07. The largest absolute Gasteiger partial charge is 0.463 e. The summed E-state index contributed by atoms with van der Waals surface area (Å²) in [6.07, 6.45) is -4.22. The molecule has 1 aromatic rings. The number of amides is 1. The van der Waals surface area contributed by atoms with Crippen molar-refractivity contribution >= 4 is 12.2 Å². The number of ether oxygens (including phenoxy) is 2. The van der Waals surface area contributed by atoms with Gasteiger partial charge < -0.3 is 30.1 Å². The minimum atomic E-state index is -1.37. The quantitative estimate of drug-likeness (QED) is 0.502. The third kappa shape index (κ3) is 4.05. The van der Waals surface area contributed by atoms with Crippen molar-refractivity contribution in [2.24, 2.45) is 0 Å². The molecule has 126 valence electrons. The summed E-state index contributed by atoms with van der Waals surface area (Å²) in [5.41, 5.74) is 0.462. The molecule has 1 saturated heterocycles. The lowest BCUT2D eigenvalue weighted by atomic mass is 9.97. The second kappa shape index (κ2) is 7.51. The molecule has 8 nitrogen and oxygen atoms in total. The van der Waals surface area contributed by atoms with Crippen molar-refractivity contribution in [3.05, 3.63) is 29.8 Å². The van der Waals surface area contributed by atoms with E-state index in [1.54, 1.807) is 0 Å². The molecule has 23 heavy (non-hydrogen) atoms. The van der Waals surface area contributed by atoms with E-state index in [1.807, 2.05) is 0 Å². The van der Waals surface area contributed by atoms with Crippen molar-refractivity contribution < 1.29 is 34.4 Å². The van der Waals surface area contributed by atoms with Crippen LogP contribution in [-0.2, 0) is 9.53 Å². The highest BCUT2D eigenvalue weighted by atomic mass is 16.7. The van der Waals surface area contributed by atoms with Gasteiger partial charge >= 0.3 is 0 Å². The molecule has 0 radical (unpaired) electrons. The van der Waals surface area contributed by atoms with Crippen LogP contribution >= 0.6 is 0 Å². The van der Waals surface area contributed by atoms with Crippen molar-refractivity contribution in [3.63, 3.8) is 0 Å². The molecule has 0 aromatic heterocycles. The molecule has 4 N–H and O–H groups in total. The average Bonchev–Trinajstić information content (AvgIpc) is 2.54. The SMILES string of the molecule is CC(=O)N[C@H]1[C@H](Oc2ccc(C=O)cc2)O[C@H](CO)[C@@H](O)[C@@H]1O. The van der Waals surface area contributed by atoms with Gasteiger partial charge in [-0.1, -0.05) is 0 Å². The monoisotopic (exact) mass is 325 g/mol. The highest BCUT2D eigenvalue weighted by Gasteiger charge is 2.46. The number of hydrogen-bond donors (Lipinski definition) is 4. The van der Waals surface area contributed by atoms with Crippen LogP contribution in [0.25, 0.3) is 0 Å². The van der Waals surface area contributed by atoms with Crippen molar-refractivity contribution in [1.29, 1.82) is 0 Å². The highest BCUT2D eigenvalue weighted by Crippen LogP contribution is 2.24. The molecule has 0 aliphatic carbocycles. The van der Waals surface area contributed by atoms with E-state index in [0.717, 1.165) is 0 Å². The second-order valence-electron chi connectivity index (χ2n) is 5.24. The van der Waals surface area contributed by atoms with E-state index in [9.17, 15) is 24.9 Å². The minimum Gasteiger partial charge on any atom is -0.463 e. The van der Waals surface area contributed by atoms with Crippen LogP contribution in [0.4, 0.5) is 0 Å². The normalized spacial score (nSPS) is 30.5. The van der Waals surface area contributed by atoms with Gasteiger partial charge in [-0.15, -0.1) is 0 Å². The molecular formula is C15H19NO7. The van der Waals surface area contributed by atoms with Gasteiger partial charge in [0.1, 0.15) is 36.4 Å². The molecule has 8 heteroatoms. The van der Waals surface area contributed by atoms with E-state index in [1.165, 1.54) is 31.2 Å². The number of rotatable bonds is 5. The van der Waals surface area contributed by atoms with Crippen LogP contribution < -0.4 is 10.1 Å². The molecule has 0 spiro atoms. The first-order chi connectivity index (χ1) is 11.0. The Labute approximate surface area is 132 Å². The molecule has 1 fully saturated rings. The Hall–Kier alpha value is -2.00. The van der Waals surface area contributed by atoms with E-state index < -0.39 is 43.2 Å². The Kier molecular flexibility index (Phi) is 5.67. The van der Waals surface area contributed by atoms with Gasteiger partial charge in [0.2, 0.25) is 12.2 Å². The summed E-state index contributed by atoms with van der Waals surface area (Å²) in [4.78, 5) is 21.9. The summed E-state index contributed by atoms with van der Waals surface area (Å²) in [6, 6.07) is 5.11. The van der Waals surface area contributed by atoms with Gasteiger partial charge in [0.05, 0.1) is 6.61 Å². The molecule has 1 aliphatic rings. The zero-order valence-electron chi connectivity index (χ0n) is 12.5. The van der Waals surface area contributed by atoms with E-state index in [4.69, 9.17) is 9.47 Å². The highest BCUT2D eigenvalue weighted by molar-refractivity contribution is 5.75. The van der Waals surface area contributed by atoms with Gasteiger partial charge in [0, 0.05) is 12.5 Å². The summed E-state index contributed by atoms with van der Waals surface area (Å²) in [6.45, 7) is 0.738. The Bertz CT molecular complexity index is 547. The van der Waals surface area contributed by atoms with Crippen LogP contribution in [0.3, 0.4) is 0 Å². The fourth-order valence-corrected chi connectivity index (χ4v) is 2.33. The van der Waals surface area contributed by atoms with E-state index in [0.29, 0.717) is 17.6 Å². The van der Waals surface area contributed by atoms with E-state index in [-0.39, 0.29) is 0 Å². The first-order valence-corrected chi connectivity index (χ1v) is 7.07. The summed E-state index contributed by atoms with van der Waals surface area (Å²) in [5.74, 6) is -0.0894. The first kappa shape index (κ1) is 17.4. The molecule has 1 heterocycles. The molecular weight excluding hydrogens is 306 g/mol. The Balaban J connectivity index is 2.19. The Morgan fingerprint density at radius 3 is 2.48 bits per heavy atom. The number of hydrogen-bond acceptors (Lipinski definition) is 7. The van der Waals surface area contributed by atoms with Crippen molar-refractivity contribution in [2.45, 2.75) is 37.6 Å². The van der Waals surface area contributed by atoms with Gasteiger partial charge in [0.15, 0.2) is 0 Å². The number of aldehydes is 1. The van der Waals surface area contributed by atoms with Crippen LogP contribution in [-0.4, -0.2) is 64.8 Å². The fraction of sp³-hybridized carbons (Fsp3) is 0.467. The minimum absolute atomic E-state index is 0.344. The fourth-order valence-electron chi connectivity index (χ4n) is 2.33. The Morgan fingerprint density at radius 2 is 1.96 bits per heavy atom. The molecule has 0 saturated carbocycles. The predicted molar refractivity (Wildman–Crippen MR) is 77.8 cm³/mol. The van der Waals surface area contributed by atoms with Crippen LogP contribution in [0.15, 0.2) is 24.3 Å². The molecule has 0 unspecified atom stereocenters. The van der Waals surface area contributed by atoms with Gasteiger partial charge in [-0.05, 0) is 24.3 Å². The van der Waals surface area contributed by atoms with Crippen LogP contribution in [0.1, 0.15) is 17.3 Å². The van der Waals surface area contributed by atoms with Crippen molar-refractivity contribution in [3.8, 4) is 5.75 Å². The Morgan fingerprint density at radius 1 is 1.30 bits per heavy atom. The summed E-state index contributed by atoms with van der Waals surface area (Å²) >= 11 is 0. The molecule has 5 atom stereocenters. The maximum absolute atomic E-state index is 11.3. The number of carbonyl (C=O) groups excluding carboxylic acids is 2. The molecule has 1 aliphatic heterocycles. The average molecular weight is 325 g/mol. The van der Waals surface area contributed by atoms with Crippen LogP contribution in [0.2, 0.25) is 0 Å². The molecule has 2 rings (SSSR count). The summed E-state index contributed by atoms with van der Waals surface area (Å²) in [5, 5.41) is 31.7. The number of aliphatic hydroxyl groups excluding tert-OH is 3. The third-order valence-electron chi connectivity index (χ3n) is 3.52. The van der Waals surface area contributed by atoms with Crippen molar-refractivity contribution in [1.82, 2.24) is 5.32 Å². The second-order valence-corrected chi connectivity index (χ2v) is 5.24. The van der Waals surface area contributed by atoms with Gasteiger partial charge in [-0.2, -0.15) is 0 Å². The summed E-state index contributed by atoms with van der Waals surface area (Å²) < 4.78 is 11.0. The van der Waals surface area contributed by atoms with Gasteiger partial charge in [0.25, 0.3) is 0 Å². The van der Waals surface area contributed by atoms with Crippen LogP contribution in [0, 0.1) is 0 Å². The van der Waals surface area contributed by atoms with E-state index >= 15 is 0 Å². The lowest BCUT2D eigenvalue weighted by molar-refractivity contribution is -0.244. The number of carbonyl (C=O) groups is 2. The van der Waals surface area contributed by atoms with E-state index in [2.05, 4.69) is 5.32 Å². The van der Waals surface area contributed by atoms with Gasteiger partial charge in [-0.3, -0.25) is 9.59 Å². The maximum Gasteiger partial charge on any atom is 0.223 e. The smallest absolute Gasteiger partial charge is 0.223 e. The third-order valence-corrected chi connectivity index (χ3v) is 3.52. The zero-order chi connectivity index (χ0) is 17.0. The number of aliphatic hydroxyl groups is 3. The van der Waals surface area contributed by atoms with Crippen molar-refractivity contribution in [2.75, 3.05) is 6.61 Å². The van der Waals surface area contributed by atoms with Crippen LogP contribution in [0.5, 0.6) is 5.75 Å². The van der Waals surface area contributed by atoms with Gasteiger partial charge in [-0.25, -0.2) is 0 Å². The lowest BCUT2D eigenvalue weighted by Gasteiger charge is -2.42. The molecule has 0 bridgehead atoms.